The molecule has 0 saturated carbocycles. The van der Waals surface area contributed by atoms with Gasteiger partial charge in [-0.25, -0.2) is 4.79 Å². The first-order valence-electron chi connectivity index (χ1n) is 4.79. The molecule has 0 N–H and O–H groups in total. The van der Waals surface area contributed by atoms with Crippen LogP contribution in [-0.4, -0.2) is 36.4 Å². The summed E-state index contributed by atoms with van der Waals surface area (Å²) in [5.41, 5.74) is -0.498. The molecule has 0 bridgehead atoms. The summed E-state index contributed by atoms with van der Waals surface area (Å²) in [7, 11) is 0. The summed E-state index contributed by atoms with van der Waals surface area (Å²) in [5.74, 6) is 0.248. The highest BCUT2D eigenvalue weighted by Crippen LogP contribution is 2.09. The molecule has 0 saturated heterocycles. The molecule has 3 aromatic rings. The largest absolute Gasteiger partial charge is 0.450 e. The van der Waals surface area contributed by atoms with E-state index in [4.69, 9.17) is 9.15 Å². The number of hydrogen-bond acceptors (Lipinski definition) is 8. The fraction of sp³-hybridized carbons (Fsp3) is 0.250. The van der Waals surface area contributed by atoms with Crippen LogP contribution in [0.5, 0.6) is 6.08 Å². The van der Waals surface area contributed by atoms with Gasteiger partial charge in [0.15, 0.2) is 5.65 Å². The summed E-state index contributed by atoms with van der Waals surface area (Å²) in [6.45, 7) is 2.09. The highest BCUT2D eigenvalue weighted by atomic mass is 16.6. The van der Waals surface area contributed by atoms with Gasteiger partial charge in [-0.15, -0.1) is 10.2 Å². The molecule has 3 aromatic heterocycles. The number of ether oxygens (including phenoxy) is 1. The topological polar surface area (TPSA) is 108 Å². The lowest BCUT2D eigenvalue weighted by molar-refractivity contribution is 0.229. The summed E-state index contributed by atoms with van der Waals surface area (Å²) in [5, 5.41) is 11.3. The van der Waals surface area contributed by atoms with Gasteiger partial charge in [0.1, 0.15) is 6.33 Å². The second-order valence-electron chi connectivity index (χ2n) is 3.04. The van der Waals surface area contributed by atoms with Crippen LogP contribution >= 0.6 is 0 Å². The van der Waals surface area contributed by atoms with E-state index >= 15 is 0 Å². The Hall–Kier alpha value is -2.58. The number of hydrogen-bond donors (Lipinski definition) is 0. The lowest BCUT2D eigenvalue weighted by Gasteiger charge is -2.00. The quantitative estimate of drug-likeness (QED) is 0.579. The molecule has 3 heterocycles. The van der Waals surface area contributed by atoms with E-state index in [2.05, 4.69) is 25.3 Å². The minimum absolute atomic E-state index is 0.0218. The van der Waals surface area contributed by atoms with Crippen molar-refractivity contribution in [3.63, 3.8) is 0 Å². The molecule has 3 rings (SSSR count). The van der Waals surface area contributed by atoms with Crippen molar-refractivity contribution in [1.82, 2.24) is 29.8 Å². The second-order valence-corrected chi connectivity index (χ2v) is 3.04. The van der Waals surface area contributed by atoms with E-state index in [1.807, 2.05) is 0 Å². The summed E-state index contributed by atoms with van der Waals surface area (Å²) in [6.07, 6.45) is 1.16. The van der Waals surface area contributed by atoms with Crippen molar-refractivity contribution in [2.75, 3.05) is 6.61 Å². The molecule has 0 aliphatic carbocycles. The van der Waals surface area contributed by atoms with Crippen molar-refractivity contribution in [1.29, 1.82) is 0 Å². The van der Waals surface area contributed by atoms with Gasteiger partial charge in [-0.1, -0.05) is 0 Å². The van der Waals surface area contributed by atoms with Crippen LogP contribution in [0, 0.1) is 0 Å². The van der Waals surface area contributed by atoms with E-state index in [-0.39, 0.29) is 23.0 Å². The summed E-state index contributed by atoms with van der Waals surface area (Å²) in [6, 6.07) is 0. The molecule has 17 heavy (non-hydrogen) atoms. The first-order valence-corrected chi connectivity index (χ1v) is 4.79. The van der Waals surface area contributed by atoms with Crippen LogP contribution in [0.1, 0.15) is 6.92 Å². The average molecular weight is 234 g/mol. The minimum atomic E-state index is -0.677. The monoisotopic (exact) mass is 234 g/mol. The van der Waals surface area contributed by atoms with Gasteiger partial charge in [0.05, 0.1) is 6.61 Å². The predicted molar refractivity (Wildman–Crippen MR) is 53.6 cm³/mol. The Balaban J connectivity index is 2.43. The maximum absolute atomic E-state index is 11.6. The molecule has 0 aliphatic heterocycles. The molecule has 9 nitrogen and oxygen atoms in total. The average Bonchev–Trinajstić information content (AvgIpc) is 2.77. The third-order valence-electron chi connectivity index (χ3n) is 2.02. The van der Waals surface area contributed by atoms with Crippen molar-refractivity contribution in [2.45, 2.75) is 6.92 Å². The number of fused-ring (bicyclic) bond motifs is 3. The molecule has 86 valence electrons. The van der Waals surface area contributed by atoms with Gasteiger partial charge >= 0.3 is 11.7 Å². The standard InChI is InChI=1S/C8H6N6O3/c1-2-16-8-11-5-4(6(15)17-8)12-13-7-9-3-10-14(5)7/h3H,2H2,1H3. The normalized spacial score (nSPS) is 11.1. The molecule has 0 amide bonds. The third-order valence-corrected chi connectivity index (χ3v) is 2.02. The molecular formula is C8H6N6O3. The van der Waals surface area contributed by atoms with E-state index in [1.165, 1.54) is 10.8 Å². The van der Waals surface area contributed by atoms with E-state index in [0.29, 0.717) is 6.61 Å². The van der Waals surface area contributed by atoms with E-state index in [0.717, 1.165) is 0 Å². The molecule has 9 heteroatoms. The van der Waals surface area contributed by atoms with Gasteiger partial charge in [-0.05, 0) is 6.92 Å². The zero-order chi connectivity index (χ0) is 11.8. The minimum Gasteiger partial charge on any atom is -0.450 e. The lowest BCUT2D eigenvalue weighted by atomic mass is 10.5. The van der Waals surface area contributed by atoms with Crippen molar-refractivity contribution in [3.8, 4) is 6.08 Å². The Morgan fingerprint density at radius 2 is 2.35 bits per heavy atom. The first-order chi connectivity index (χ1) is 8.29. The first kappa shape index (κ1) is 9.63. The Labute approximate surface area is 93.1 Å². The van der Waals surface area contributed by atoms with Crippen molar-refractivity contribution in [2.24, 2.45) is 0 Å². The van der Waals surface area contributed by atoms with Gasteiger partial charge in [-0.3, -0.25) is 0 Å². The molecule has 0 atom stereocenters. The Morgan fingerprint density at radius 1 is 1.47 bits per heavy atom. The van der Waals surface area contributed by atoms with Crippen molar-refractivity contribution >= 4 is 16.9 Å². The van der Waals surface area contributed by atoms with Gasteiger partial charge in [0.2, 0.25) is 5.52 Å². The second kappa shape index (κ2) is 3.47. The van der Waals surface area contributed by atoms with Gasteiger partial charge in [-0.2, -0.15) is 19.6 Å². The maximum Gasteiger partial charge on any atom is 0.398 e. The summed E-state index contributed by atoms with van der Waals surface area (Å²) in [4.78, 5) is 19.4. The zero-order valence-electron chi connectivity index (χ0n) is 8.69. The zero-order valence-corrected chi connectivity index (χ0v) is 8.69. The van der Waals surface area contributed by atoms with Crippen LogP contribution < -0.4 is 10.4 Å². The van der Waals surface area contributed by atoms with Gasteiger partial charge in [0.25, 0.3) is 5.78 Å². The molecule has 0 spiro atoms. The van der Waals surface area contributed by atoms with Crippen molar-refractivity contribution < 1.29 is 9.15 Å². The highest BCUT2D eigenvalue weighted by Gasteiger charge is 2.13. The van der Waals surface area contributed by atoms with Gasteiger partial charge in [0, 0.05) is 0 Å². The van der Waals surface area contributed by atoms with Crippen LogP contribution in [0.2, 0.25) is 0 Å². The summed E-state index contributed by atoms with van der Waals surface area (Å²) >= 11 is 0. The smallest absolute Gasteiger partial charge is 0.398 e. The van der Waals surface area contributed by atoms with Crippen LogP contribution in [0.4, 0.5) is 0 Å². The lowest BCUT2D eigenvalue weighted by Crippen LogP contribution is -2.11. The fourth-order valence-electron chi connectivity index (χ4n) is 1.35. The highest BCUT2D eigenvalue weighted by molar-refractivity contribution is 5.69. The number of nitrogens with zero attached hydrogens (tertiary/aromatic N) is 6. The van der Waals surface area contributed by atoms with Crippen LogP contribution in [-0.2, 0) is 0 Å². The molecule has 0 unspecified atom stereocenters. The van der Waals surface area contributed by atoms with Crippen LogP contribution in [0.3, 0.4) is 0 Å². The van der Waals surface area contributed by atoms with Crippen molar-refractivity contribution in [3.05, 3.63) is 16.7 Å². The predicted octanol–water partition coefficient (Wildman–Crippen LogP) is -0.581. The molecule has 0 fully saturated rings. The van der Waals surface area contributed by atoms with E-state index < -0.39 is 5.63 Å². The SMILES string of the molecule is CCOc1nc2c(nnc3ncnn32)c(=O)o1. The molecule has 0 aliphatic rings. The molecular weight excluding hydrogens is 228 g/mol. The molecule has 0 aromatic carbocycles. The maximum atomic E-state index is 11.6. The van der Waals surface area contributed by atoms with E-state index in [1.54, 1.807) is 6.92 Å². The summed E-state index contributed by atoms with van der Waals surface area (Å²) < 4.78 is 11.1. The Morgan fingerprint density at radius 3 is 3.18 bits per heavy atom. The van der Waals surface area contributed by atoms with Crippen LogP contribution in [0.25, 0.3) is 16.9 Å². The fourth-order valence-corrected chi connectivity index (χ4v) is 1.35. The molecule has 0 radical (unpaired) electrons. The number of rotatable bonds is 2. The Bertz CT molecular complexity index is 748. The van der Waals surface area contributed by atoms with Gasteiger partial charge < -0.3 is 9.15 Å². The van der Waals surface area contributed by atoms with Crippen LogP contribution in [0.15, 0.2) is 15.5 Å². The number of aromatic nitrogens is 6. The van der Waals surface area contributed by atoms with E-state index in [9.17, 15) is 4.79 Å². The Kier molecular flexibility index (Phi) is 1.97. The third kappa shape index (κ3) is 1.40.